The third-order valence-corrected chi connectivity index (χ3v) is 4.08. The highest BCUT2D eigenvalue weighted by Gasteiger charge is 2.04. The average Bonchev–Trinajstić information content (AvgIpc) is 2.38. The fourth-order valence-electron chi connectivity index (χ4n) is 1.50. The summed E-state index contributed by atoms with van der Waals surface area (Å²) in [5.41, 5.74) is 1.12. The lowest BCUT2D eigenvalue weighted by Crippen LogP contribution is -2.27. The molecule has 1 rings (SSSR count). The second-order valence-corrected chi connectivity index (χ2v) is 6.00. The van der Waals surface area contributed by atoms with E-state index in [0.717, 1.165) is 22.8 Å². The highest BCUT2D eigenvalue weighted by Crippen LogP contribution is 2.11. The van der Waals surface area contributed by atoms with Crippen molar-refractivity contribution in [1.29, 1.82) is 0 Å². The first kappa shape index (κ1) is 16.3. The molecule has 0 saturated heterocycles. The minimum atomic E-state index is 0.0390. The number of hydrogen-bond donors (Lipinski definition) is 2. The number of thioether (sulfide) groups is 1. The van der Waals surface area contributed by atoms with Crippen LogP contribution in [0.1, 0.15) is 12.5 Å². The quantitative estimate of drug-likeness (QED) is 0.775. The topological polar surface area (TPSA) is 49.3 Å². The first-order chi connectivity index (χ1) is 9.11. The van der Waals surface area contributed by atoms with E-state index in [-0.39, 0.29) is 18.4 Å². The van der Waals surface area contributed by atoms with Crippen LogP contribution in [0.15, 0.2) is 24.3 Å². The molecule has 0 aliphatic carbocycles. The number of halogens is 1. The summed E-state index contributed by atoms with van der Waals surface area (Å²) >= 11 is 7.44. The third-order valence-electron chi connectivity index (χ3n) is 2.57. The molecule has 106 valence electrons. The lowest BCUT2D eigenvalue weighted by molar-refractivity contribution is -0.118. The van der Waals surface area contributed by atoms with Crippen molar-refractivity contribution in [2.24, 2.45) is 5.92 Å². The first-order valence-corrected chi connectivity index (χ1v) is 7.85. The number of carbonyl (C=O) groups is 1. The molecule has 1 amide bonds. The van der Waals surface area contributed by atoms with E-state index in [1.165, 1.54) is 0 Å². The standard InChI is InChI=1S/C14H20ClNO2S/c1-11(8-17)9-19-10-14(18)16-6-5-12-3-2-4-13(15)7-12/h2-4,7,11,17H,5-6,8-10H2,1H3,(H,16,18). The Labute approximate surface area is 123 Å². The van der Waals surface area contributed by atoms with Crippen molar-refractivity contribution in [1.82, 2.24) is 5.32 Å². The number of hydrogen-bond acceptors (Lipinski definition) is 3. The molecule has 1 atom stereocenters. The predicted octanol–water partition coefficient (Wildman–Crippen LogP) is 2.36. The lowest BCUT2D eigenvalue weighted by Gasteiger charge is -2.08. The first-order valence-electron chi connectivity index (χ1n) is 6.31. The molecule has 3 nitrogen and oxygen atoms in total. The molecule has 0 bridgehead atoms. The summed E-state index contributed by atoms with van der Waals surface area (Å²) in [5.74, 6) is 1.53. The van der Waals surface area contributed by atoms with Crippen molar-refractivity contribution < 1.29 is 9.90 Å². The van der Waals surface area contributed by atoms with Crippen molar-refractivity contribution in [2.75, 3.05) is 24.7 Å². The summed E-state index contributed by atoms with van der Waals surface area (Å²) < 4.78 is 0. The van der Waals surface area contributed by atoms with Gasteiger partial charge in [-0.3, -0.25) is 4.79 Å². The number of aliphatic hydroxyl groups is 1. The second-order valence-electron chi connectivity index (χ2n) is 4.53. The lowest BCUT2D eigenvalue weighted by atomic mass is 10.1. The van der Waals surface area contributed by atoms with Crippen LogP contribution < -0.4 is 5.32 Å². The van der Waals surface area contributed by atoms with Gasteiger partial charge >= 0.3 is 0 Å². The highest BCUT2D eigenvalue weighted by molar-refractivity contribution is 7.99. The van der Waals surface area contributed by atoms with Gasteiger partial charge in [0, 0.05) is 18.2 Å². The van der Waals surface area contributed by atoms with Gasteiger partial charge in [0.25, 0.3) is 0 Å². The molecule has 2 N–H and O–H groups in total. The van der Waals surface area contributed by atoms with E-state index in [2.05, 4.69) is 5.32 Å². The van der Waals surface area contributed by atoms with Crippen LogP contribution in [0.25, 0.3) is 0 Å². The Hall–Kier alpha value is -0.710. The molecule has 0 fully saturated rings. The molecule has 1 aromatic carbocycles. The Balaban J connectivity index is 2.13. The van der Waals surface area contributed by atoms with Crippen LogP contribution >= 0.6 is 23.4 Å². The molecule has 0 saturated carbocycles. The number of nitrogens with one attached hydrogen (secondary N) is 1. The zero-order valence-corrected chi connectivity index (χ0v) is 12.6. The normalized spacial score (nSPS) is 12.2. The summed E-state index contributed by atoms with van der Waals surface area (Å²) in [7, 11) is 0. The molecule has 1 unspecified atom stereocenters. The van der Waals surface area contributed by atoms with Gasteiger partial charge in [-0.1, -0.05) is 30.7 Å². The van der Waals surface area contributed by atoms with Crippen LogP contribution in [0.5, 0.6) is 0 Å². The van der Waals surface area contributed by atoms with E-state index in [1.54, 1.807) is 11.8 Å². The predicted molar refractivity (Wildman–Crippen MR) is 81.7 cm³/mol. The van der Waals surface area contributed by atoms with Crippen molar-refractivity contribution in [2.45, 2.75) is 13.3 Å². The number of rotatable bonds is 8. The molecular formula is C14H20ClNO2S. The molecular weight excluding hydrogens is 282 g/mol. The Morgan fingerprint density at radius 2 is 2.32 bits per heavy atom. The maximum atomic E-state index is 11.5. The van der Waals surface area contributed by atoms with Crippen LogP contribution in [0.3, 0.4) is 0 Å². The highest BCUT2D eigenvalue weighted by atomic mass is 35.5. The maximum Gasteiger partial charge on any atom is 0.230 e. The summed E-state index contributed by atoms with van der Waals surface area (Å²) in [4.78, 5) is 11.5. The van der Waals surface area contributed by atoms with Gasteiger partial charge < -0.3 is 10.4 Å². The van der Waals surface area contributed by atoms with Gasteiger partial charge in [-0.2, -0.15) is 11.8 Å². The number of benzene rings is 1. The van der Waals surface area contributed by atoms with E-state index in [9.17, 15) is 4.79 Å². The van der Waals surface area contributed by atoms with Gasteiger partial charge in [-0.05, 0) is 35.8 Å². The van der Waals surface area contributed by atoms with Gasteiger partial charge in [0.05, 0.1) is 5.75 Å². The summed E-state index contributed by atoms with van der Waals surface area (Å²) in [6, 6.07) is 7.65. The molecule has 19 heavy (non-hydrogen) atoms. The Morgan fingerprint density at radius 1 is 1.53 bits per heavy atom. The van der Waals surface area contributed by atoms with Gasteiger partial charge in [-0.15, -0.1) is 0 Å². The fourth-order valence-corrected chi connectivity index (χ4v) is 2.62. The van der Waals surface area contributed by atoms with Crippen LogP contribution in [-0.4, -0.2) is 35.7 Å². The average molecular weight is 302 g/mol. The minimum absolute atomic E-state index is 0.0390. The molecule has 0 aliphatic heterocycles. The molecule has 0 spiro atoms. The van der Waals surface area contributed by atoms with Crippen molar-refractivity contribution >= 4 is 29.3 Å². The monoisotopic (exact) mass is 301 g/mol. The summed E-state index contributed by atoms with van der Waals surface area (Å²) in [6.45, 7) is 2.75. The smallest absolute Gasteiger partial charge is 0.230 e. The SMILES string of the molecule is CC(CO)CSCC(=O)NCCc1cccc(Cl)c1. The van der Waals surface area contributed by atoms with E-state index in [0.29, 0.717) is 12.3 Å². The Bertz CT molecular complexity index is 401. The van der Waals surface area contributed by atoms with Gasteiger partial charge in [-0.25, -0.2) is 0 Å². The number of carbonyl (C=O) groups excluding carboxylic acids is 1. The number of aliphatic hydroxyl groups excluding tert-OH is 1. The number of amides is 1. The van der Waals surface area contributed by atoms with E-state index < -0.39 is 0 Å². The van der Waals surface area contributed by atoms with E-state index >= 15 is 0 Å². The fraction of sp³-hybridized carbons (Fsp3) is 0.500. The van der Waals surface area contributed by atoms with Gasteiger partial charge in [0.2, 0.25) is 5.91 Å². The van der Waals surface area contributed by atoms with E-state index in [1.807, 2.05) is 31.2 Å². The van der Waals surface area contributed by atoms with E-state index in [4.69, 9.17) is 16.7 Å². The van der Waals surface area contributed by atoms with Gasteiger partial charge in [0.1, 0.15) is 0 Å². The minimum Gasteiger partial charge on any atom is -0.396 e. The summed E-state index contributed by atoms with van der Waals surface area (Å²) in [5, 5.41) is 12.5. The molecule has 0 aromatic heterocycles. The molecule has 0 aliphatic rings. The zero-order chi connectivity index (χ0) is 14.1. The molecule has 1 aromatic rings. The van der Waals surface area contributed by atoms with Crippen LogP contribution in [0.4, 0.5) is 0 Å². The Morgan fingerprint density at radius 3 is 3.00 bits per heavy atom. The summed E-state index contributed by atoms with van der Waals surface area (Å²) in [6.07, 6.45) is 0.782. The van der Waals surface area contributed by atoms with Crippen LogP contribution in [0.2, 0.25) is 5.02 Å². The van der Waals surface area contributed by atoms with Crippen molar-refractivity contribution in [3.8, 4) is 0 Å². The largest absolute Gasteiger partial charge is 0.396 e. The van der Waals surface area contributed by atoms with Crippen LogP contribution in [-0.2, 0) is 11.2 Å². The molecule has 5 heteroatoms. The zero-order valence-electron chi connectivity index (χ0n) is 11.1. The van der Waals surface area contributed by atoms with Gasteiger partial charge in [0.15, 0.2) is 0 Å². The maximum absolute atomic E-state index is 11.5. The Kier molecular flexibility index (Phi) is 7.94. The van der Waals surface area contributed by atoms with Crippen LogP contribution in [0, 0.1) is 5.92 Å². The van der Waals surface area contributed by atoms with Crippen molar-refractivity contribution in [3.05, 3.63) is 34.9 Å². The molecule has 0 heterocycles. The second kappa shape index (κ2) is 9.23. The third kappa shape index (κ3) is 7.45. The van der Waals surface area contributed by atoms with Crippen molar-refractivity contribution in [3.63, 3.8) is 0 Å². The molecule has 0 radical (unpaired) electrons.